The number of ether oxygens (including phenoxy) is 1. The average molecular weight is 357 g/mol. The molecule has 1 aromatic carbocycles. The Morgan fingerprint density at radius 2 is 2.08 bits per heavy atom. The number of aliphatic hydroxyl groups is 1. The molecule has 5 heteroatoms. The Labute approximate surface area is 154 Å². The molecule has 0 radical (unpaired) electrons. The number of rotatable bonds is 2. The SMILES string of the molecule is Cc1ccc(O)c2c1[C@]13CCN(CC4CC4)[C@H](C)[C@]1(O)CCC(=O)[C@@H]3O2. The zero-order chi connectivity index (χ0) is 18.3. The maximum Gasteiger partial charge on any atom is 0.174 e. The summed E-state index contributed by atoms with van der Waals surface area (Å²) in [4.78, 5) is 15.2. The molecule has 4 atom stereocenters. The first kappa shape index (κ1) is 16.6. The zero-order valence-corrected chi connectivity index (χ0v) is 15.5. The lowest BCUT2D eigenvalue weighted by Gasteiger charge is -2.59. The minimum atomic E-state index is -1.03. The van der Waals surface area contributed by atoms with Crippen LogP contribution in [0.3, 0.4) is 0 Å². The van der Waals surface area contributed by atoms with Crippen LogP contribution in [0, 0.1) is 12.8 Å². The number of phenolic OH excluding ortho intramolecular Hbond substituents is 1. The van der Waals surface area contributed by atoms with E-state index in [1.807, 2.05) is 13.0 Å². The number of piperidine rings is 1. The molecule has 2 aliphatic carbocycles. The van der Waals surface area contributed by atoms with Crippen LogP contribution in [0.25, 0.3) is 0 Å². The predicted molar refractivity (Wildman–Crippen MR) is 96.5 cm³/mol. The number of nitrogens with zero attached hydrogens (tertiary/aromatic N) is 1. The number of carbonyl (C=O) groups is 1. The molecule has 140 valence electrons. The second-order valence-electron chi connectivity index (χ2n) is 8.83. The van der Waals surface area contributed by atoms with Gasteiger partial charge in [0.05, 0.1) is 11.0 Å². The van der Waals surface area contributed by atoms with Crippen molar-refractivity contribution >= 4 is 5.78 Å². The summed E-state index contributed by atoms with van der Waals surface area (Å²) in [6.07, 6.45) is 3.36. The predicted octanol–water partition coefficient (Wildman–Crippen LogP) is 2.30. The fourth-order valence-electron chi connectivity index (χ4n) is 5.90. The normalized spacial score (nSPS) is 39.1. The Balaban J connectivity index is 1.67. The van der Waals surface area contributed by atoms with Gasteiger partial charge in [-0.1, -0.05) is 6.07 Å². The molecular formula is C21H27NO4. The van der Waals surface area contributed by atoms with Crippen LogP contribution in [0.1, 0.15) is 50.2 Å². The van der Waals surface area contributed by atoms with Crippen LogP contribution in [-0.4, -0.2) is 51.7 Å². The van der Waals surface area contributed by atoms with Crippen molar-refractivity contribution in [2.45, 2.75) is 69.1 Å². The summed E-state index contributed by atoms with van der Waals surface area (Å²) in [5, 5.41) is 22.4. The average Bonchev–Trinajstić information content (AvgIpc) is 3.35. The van der Waals surface area contributed by atoms with Crippen molar-refractivity contribution in [1.82, 2.24) is 4.90 Å². The van der Waals surface area contributed by atoms with Gasteiger partial charge in [0.25, 0.3) is 0 Å². The van der Waals surface area contributed by atoms with Crippen molar-refractivity contribution in [1.29, 1.82) is 0 Å². The van der Waals surface area contributed by atoms with Crippen LogP contribution < -0.4 is 4.74 Å². The van der Waals surface area contributed by atoms with Gasteiger partial charge < -0.3 is 14.9 Å². The largest absolute Gasteiger partial charge is 0.504 e. The molecule has 26 heavy (non-hydrogen) atoms. The topological polar surface area (TPSA) is 70.0 Å². The zero-order valence-electron chi connectivity index (χ0n) is 15.5. The molecule has 1 saturated heterocycles. The number of Topliss-reactive ketones (excluding diaryl/α,β-unsaturated/α-hetero) is 1. The molecule has 2 N–H and O–H groups in total. The van der Waals surface area contributed by atoms with Crippen LogP contribution in [-0.2, 0) is 10.2 Å². The fourth-order valence-corrected chi connectivity index (χ4v) is 5.90. The van der Waals surface area contributed by atoms with Crippen molar-refractivity contribution in [3.05, 3.63) is 23.3 Å². The molecule has 0 amide bonds. The maximum atomic E-state index is 12.8. The number of benzene rings is 1. The number of likely N-dealkylation sites (tertiary alicyclic amines) is 1. The van der Waals surface area contributed by atoms with Crippen molar-refractivity contribution in [3.8, 4) is 11.5 Å². The number of aromatic hydroxyl groups is 1. The van der Waals surface area contributed by atoms with Gasteiger partial charge in [-0.25, -0.2) is 0 Å². The van der Waals surface area contributed by atoms with E-state index in [0.29, 0.717) is 25.0 Å². The molecule has 2 saturated carbocycles. The molecule has 0 bridgehead atoms. The highest BCUT2D eigenvalue weighted by Gasteiger charge is 2.70. The van der Waals surface area contributed by atoms with E-state index in [-0.39, 0.29) is 17.6 Å². The smallest absolute Gasteiger partial charge is 0.174 e. The molecule has 5 rings (SSSR count). The van der Waals surface area contributed by atoms with E-state index in [0.717, 1.165) is 30.1 Å². The number of hydrogen-bond donors (Lipinski definition) is 2. The quantitative estimate of drug-likeness (QED) is 0.850. The minimum Gasteiger partial charge on any atom is -0.504 e. The van der Waals surface area contributed by atoms with E-state index in [1.165, 1.54) is 12.8 Å². The molecule has 5 nitrogen and oxygen atoms in total. The number of hydrogen-bond acceptors (Lipinski definition) is 5. The van der Waals surface area contributed by atoms with Crippen molar-refractivity contribution < 1.29 is 19.7 Å². The molecule has 1 aromatic rings. The first-order valence-corrected chi connectivity index (χ1v) is 9.87. The van der Waals surface area contributed by atoms with Crippen LogP contribution >= 0.6 is 0 Å². The summed E-state index contributed by atoms with van der Waals surface area (Å²) < 4.78 is 6.06. The van der Waals surface area contributed by atoms with E-state index in [1.54, 1.807) is 6.07 Å². The second kappa shape index (κ2) is 5.23. The molecule has 1 spiro atoms. The van der Waals surface area contributed by atoms with E-state index in [2.05, 4.69) is 11.8 Å². The highest BCUT2D eigenvalue weighted by molar-refractivity contribution is 5.89. The number of aryl methyl sites for hydroxylation is 1. The van der Waals surface area contributed by atoms with Crippen LogP contribution in [0.4, 0.5) is 0 Å². The second-order valence-corrected chi connectivity index (χ2v) is 8.83. The van der Waals surface area contributed by atoms with Gasteiger partial charge in [0.2, 0.25) is 0 Å². The lowest BCUT2D eigenvalue weighted by Crippen LogP contribution is -2.74. The van der Waals surface area contributed by atoms with Crippen molar-refractivity contribution in [3.63, 3.8) is 0 Å². The minimum absolute atomic E-state index is 0.0382. The fraction of sp³-hybridized carbons (Fsp3) is 0.667. The molecule has 0 unspecified atom stereocenters. The summed E-state index contributed by atoms with van der Waals surface area (Å²) in [5.74, 6) is 1.28. The van der Waals surface area contributed by atoms with E-state index >= 15 is 0 Å². The molecule has 0 aromatic heterocycles. The molecule has 2 aliphatic heterocycles. The third kappa shape index (κ3) is 1.91. The van der Waals surface area contributed by atoms with Crippen molar-refractivity contribution in [2.24, 2.45) is 5.92 Å². The first-order valence-electron chi connectivity index (χ1n) is 9.87. The van der Waals surface area contributed by atoms with Crippen molar-refractivity contribution in [2.75, 3.05) is 13.1 Å². The summed E-state index contributed by atoms with van der Waals surface area (Å²) >= 11 is 0. The first-order chi connectivity index (χ1) is 12.4. The highest BCUT2D eigenvalue weighted by atomic mass is 16.5. The van der Waals surface area contributed by atoms with Crippen LogP contribution in [0.5, 0.6) is 11.5 Å². The Morgan fingerprint density at radius 1 is 1.31 bits per heavy atom. The van der Waals surface area contributed by atoms with Gasteiger partial charge in [0, 0.05) is 24.6 Å². The Bertz CT molecular complexity index is 788. The van der Waals surface area contributed by atoms with Crippen LogP contribution in [0.15, 0.2) is 12.1 Å². The van der Waals surface area contributed by atoms with Gasteiger partial charge in [-0.05, 0) is 63.6 Å². The lowest BCUT2D eigenvalue weighted by atomic mass is 9.52. The van der Waals surface area contributed by atoms with Crippen LogP contribution in [0.2, 0.25) is 0 Å². The number of ketones is 1. The summed E-state index contributed by atoms with van der Waals surface area (Å²) in [6.45, 7) is 5.97. The summed E-state index contributed by atoms with van der Waals surface area (Å²) in [7, 11) is 0. The highest BCUT2D eigenvalue weighted by Crippen LogP contribution is 2.62. The Hall–Kier alpha value is -1.59. The Morgan fingerprint density at radius 3 is 2.81 bits per heavy atom. The molecule has 4 aliphatic rings. The molecule has 3 fully saturated rings. The summed E-state index contributed by atoms with van der Waals surface area (Å²) in [6, 6.07) is 3.45. The van der Waals surface area contributed by atoms with Gasteiger partial charge in [0.1, 0.15) is 0 Å². The van der Waals surface area contributed by atoms with E-state index < -0.39 is 17.1 Å². The third-order valence-electron chi connectivity index (χ3n) is 7.51. The number of fused-ring (bicyclic) bond motifs is 1. The standard InChI is InChI=1S/C21H27NO4/c1-12-3-6-15(23)18-17(12)20-9-10-22(11-14-4-5-14)13(2)21(20,25)8-7-16(24)19(20)26-18/h3,6,13-14,19,23,25H,4-5,7-11H2,1-2H3/t13-,19+,20+,21-/m1/s1. The molecule has 2 heterocycles. The van der Waals surface area contributed by atoms with Gasteiger partial charge in [-0.2, -0.15) is 0 Å². The Kier molecular flexibility index (Phi) is 3.33. The monoisotopic (exact) mass is 357 g/mol. The van der Waals surface area contributed by atoms with E-state index in [4.69, 9.17) is 4.74 Å². The third-order valence-corrected chi connectivity index (χ3v) is 7.51. The van der Waals surface area contributed by atoms with Gasteiger partial charge in [-0.15, -0.1) is 0 Å². The maximum absolute atomic E-state index is 12.8. The van der Waals surface area contributed by atoms with Gasteiger partial charge >= 0.3 is 0 Å². The molecular weight excluding hydrogens is 330 g/mol. The number of carbonyl (C=O) groups excluding carboxylic acids is 1. The van der Waals surface area contributed by atoms with Gasteiger partial charge in [0.15, 0.2) is 23.4 Å². The lowest BCUT2D eigenvalue weighted by molar-refractivity contribution is -0.181. The summed E-state index contributed by atoms with van der Waals surface area (Å²) in [5.41, 5.74) is 0.0647. The number of phenols is 1. The van der Waals surface area contributed by atoms with Gasteiger partial charge in [-0.3, -0.25) is 9.69 Å². The van der Waals surface area contributed by atoms with E-state index in [9.17, 15) is 15.0 Å².